The molecule has 118 valence electrons. The molecule has 0 bridgehead atoms. The summed E-state index contributed by atoms with van der Waals surface area (Å²) in [5.41, 5.74) is 1.86. The van der Waals surface area contributed by atoms with E-state index in [0.29, 0.717) is 17.1 Å². The van der Waals surface area contributed by atoms with Crippen LogP contribution in [-0.4, -0.2) is 26.1 Å². The summed E-state index contributed by atoms with van der Waals surface area (Å²) in [4.78, 5) is 13.6. The summed E-state index contributed by atoms with van der Waals surface area (Å²) in [6, 6.07) is 17.5. The van der Waals surface area contributed by atoms with E-state index >= 15 is 0 Å². The molecule has 1 amide bonds. The smallest absolute Gasteiger partial charge is 0.250 e. The molecule has 3 rings (SSSR count). The number of anilines is 1. The Morgan fingerprint density at radius 1 is 1.21 bits per heavy atom. The van der Waals surface area contributed by atoms with Crippen molar-refractivity contribution in [2.24, 2.45) is 0 Å². The molecule has 0 spiro atoms. The van der Waals surface area contributed by atoms with E-state index in [-0.39, 0.29) is 5.91 Å². The maximum absolute atomic E-state index is 12.3. The first kappa shape index (κ1) is 15.4. The van der Waals surface area contributed by atoms with Gasteiger partial charge in [0.25, 0.3) is 5.91 Å². The van der Waals surface area contributed by atoms with Gasteiger partial charge in [0.05, 0.1) is 11.6 Å². The van der Waals surface area contributed by atoms with Crippen molar-refractivity contribution >= 4 is 11.6 Å². The number of tetrazole rings is 1. The van der Waals surface area contributed by atoms with Crippen LogP contribution in [0.25, 0.3) is 11.4 Å². The molecule has 0 saturated heterocycles. The van der Waals surface area contributed by atoms with Crippen molar-refractivity contribution in [3.8, 4) is 17.5 Å². The second kappa shape index (κ2) is 6.71. The van der Waals surface area contributed by atoms with Gasteiger partial charge in [-0.25, -0.2) is 0 Å². The van der Waals surface area contributed by atoms with Crippen LogP contribution in [0.4, 0.5) is 5.69 Å². The molecule has 2 aromatic carbocycles. The molecule has 0 saturated carbocycles. The SMILES string of the molecule is CC(C(=O)Nc1cccc(C#N)c1)n1nnc(-c2ccccc2)n1. The summed E-state index contributed by atoms with van der Waals surface area (Å²) in [5, 5.41) is 23.8. The van der Waals surface area contributed by atoms with Crippen molar-refractivity contribution in [3.05, 3.63) is 60.2 Å². The van der Waals surface area contributed by atoms with Crippen molar-refractivity contribution in [2.75, 3.05) is 5.32 Å². The van der Waals surface area contributed by atoms with E-state index in [9.17, 15) is 4.79 Å². The number of nitrogens with one attached hydrogen (secondary N) is 1. The summed E-state index contributed by atoms with van der Waals surface area (Å²) in [6.45, 7) is 1.68. The second-order valence-electron chi connectivity index (χ2n) is 5.16. The Bertz CT molecular complexity index is 897. The summed E-state index contributed by atoms with van der Waals surface area (Å²) in [7, 11) is 0. The number of aromatic nitrogens is 4. The van der Waals surface area contributed by atoms with Crippen molar-refractivity contribution in [3.63, 3.8) is 0 Å². The minimum absolute atomic E-state index is 0.290. The number of hydrogen-bond acceptors (Lipinski definition) is 5. The second-order valence-corrected chi connectivity index (χ2v) is 5.16. The Balaban J connectivity index is 1.74. The number of carbonyl (C=O) groups is 1. The van der Waals surface area contributed by atoms with Crippen LogP contribution < -0.4 is 5.32 Å². The Hall–Kier alpha value is -3.53. The molecule has 0 radical (unpaired) electrons. The number of rotatable bonds is 4. The predicted molar refractivity (Wildman–Crippen MR) is 87.8 cm³/mol. The van der Waals surface area contributed by atoms with E-state index in [1.807, 2.05) is 36.4 Å². The molecule has 1 aromatic heterocycles. The van der Waals surface area contributed by atoms with Gasteiger partial charge >= 0.3 is 0 Å². The highest BCUT2D eigenvalue weighted by Crippen LogP contribution is 2.15. The fourth-order valence-corrected chi connectivity index (χ4v) is 2.11. The molecule has 1 N–H and O–H groups in total. The number of nitrogens with zero attached hydrogens (tertiary/aromatic N) is 5. The topological polar surface area (TPSA) is 96.5 Å². The van der Waals surface area contributed by atoms with Gasteiger partial charge in [-0.2, -0.15) is 10.1 Å². The highest BCUT2D eigenvalue weighted by molar-refractivity contribution is 5.93. The maximum atomic E-state index is 12.3. The lowest BCUT2D eigenvalue weighted by molar-refractivity contribution is -0.119. The molecule has 0 fully saturated rings. The molecule has 1 atom stereocenters. The quantitative estimate of drug-likeness (QED) is 0.797. The summed E-state index contributed by atoms with van der Waals surface area (Å²) in [6.07, 6.45) is 0. The van der Waals surface area contributed by atoms with E-state index in [0.717, 1.165) is 5.56 Å². The minimum atomic E-state index is -0.638. The largest absolute Gasteiger partial charge is 0.324 e. The number of carbonyl (C=O) groups excluding carboxylic acids is 1. The summed E-state index contributed by atoms with van der Waals surface area (Å²) < 4.78 is 0. The van der Waals surface area contributed by atoms with Crippen molar-refractivity contribution in [1.82, 2.24) is 20.2 Å². The van der Waals surface area contributed by atoms with Crippen LogP contribution in [0.5, 0.6) is 0 Å². The lowest BCUT2D eigenvalue weighted by Gasteiger charge is -2.10. The Kier molecular flexibility index (Phi) is 4.29. The fraction of sp³-hybridized carbons (Fsp3) is 0.118. The average molecular weight is 318 g/mol. The fourth-order valence-electron chi connectivity index (χ4n) is 2.11. The van der Waals surface area contributed by atoms with Gasteiger partial charge in [0, 0.05) is 11.3 Å². The molecule has 1 unspecified atom stereocenters. The molecule has 3 aromatic rings. The van der Waals surface area contributed by atoms with Crippen LogP contribution in [0, 0.1) is 11.3 Å². The molecule has 7 heteroatoms. The normalized spacial score (nSPS) is 11.5. The average Bonchev–Trinajstić information content (AvgIpc) is 3.12. The zero-order valence-electron chi connectivity index (χ0n) is 12.9. The van der Waals surface area contributed by atoms with Crippen molar-refractivity contribution < 1.29 is 4.79 Å². The number of hydrogen-bond donors (Lipinski definition) is 1. The lowest BCUT2D eigenvalue weighted by Crippen LogP contribution is -2.25. The number of nitriles is 1. The predicted octanol–water partition coefficient (Wildman–Crippen LogP) is 2.41. The van der Waals surface area contributed by atoms with Gasteiger partial charge < -0.3 is 5.32 Å². The van der Waals surface area contributed by atoms with E-state index < -0.39 is 6.04 Å². The van der Waals surface area contributed by atoms with Gasteiger partial charge in [0.1, 0.15) is 6.04 Å². The highest BCUT2D eigenvalue weighted by atomic mass is 16.2. The molecule has 0 aliphatic carbocycles. The van der Waals surface area contributed by atoms with E-state index in [4.69, 9.17) is 5.26 Å². The summed E-state index contributed by atoms with van der Waals surface area (Å²) >= 11 is 0. The highest BCUT2D eigenvalue weighted by Gasteiger charge is 2.19. The summed E-state index contributed by atoms with van der Waals surface area (Å²) in [5.74, 6) is 0.170. The van der Waals surface area contributed by atoms with Crippen LogP contribution in [0.15, 0.2) is 54.6 Å². The Morgan fingerprint density at radius 3 is 2.75 bits per heavy atom. The first-order valence-corrected chi connectivity index (χ1v) is 7.33. The van der Waals surface area contributed by atoms with Crippen LogP contribution >= 0.6 is 0 Å². The molecule has 24 heavy (non-hydrogen) atoms. The number of benzene rings is 2. The first-order valence-electron chi connectivity index (χ1n) is 7.33. The first-order chi connectivity index (χ1) is 11.7. The zero-order valence-corrected chi connectivity index (χ0v) is 12.9. The Morgan fingerprint density at radius 2 is 2.00 bits per heavy atom. The monoisotopic (exact) mass is 318 g/mol. The molecular weight excluding hydrogens is 304 g/mol. The molecular formula is C17H14N6O. The maximum Gasteiger partial charge on any atom is 0.250 e. The van der Waals surface area contributed by atoms with Crippen LogP contribution in [0.2, 0.25) is 0 Å². The molecule has 0 aliphatic rings. The molecule has 7 nitrogen and oxygen atoms in total. The van der Waals surface area contributed by atoms with E-state index in [1.165, 1.54) is 4.80 Å². The van der Waals surface area contributed by atoms with Gasteiger partial charge in [-0.3, -0.25) is 4.79 Å². The van der Waals surface area contributed by atoms with Crippen LogP contribution in [0.1, 0.15) is 18.5 Å². The third-order valence-corrected chi connectivity index (χ3v) is 3.45. The van der Waals surface area contributed by atoms with E-state index in [1.54, 1.807) is 31.2 Å². The standard InChI is InChI=1S/C17H14N6O/c1-12(17(24)19-15-9-5-6-13(10-15)11-18)23-21-16(20-22-23)14-7-3-2-4-8-14/h2-10,12H,1H3,(H,19,24). The van der Waals surface area contributed by atoms with Gasteiger partial charge in [0.15, 0.2) is 0 Å². The Labute approximate surface area is 138 Å². The van der Waals surface area contributed by atoms with E-state index in [2.05, 4.69) is 20.7 Å². The minimum Gasteiger partial charge on any atom is -0.324 e. The van der Waals surface area contributed by atoms with Crippen LogP contribution in [0.3, 0.4) is 0 Å². The lowest BCUT2D eigenvalue weighted by atomic mass is 10.2. The third-order valence-electron chi connectivity index (χ3n) is 3.45. The molecule has 1 heterocycles. The third kappa shape index (κ3) is 3.28. The zero-order chi connectivity index (χ0) is 16.9. The van der Waals surface area contributed by atoms with Gasteiger partial charge in [-0.05, 0) is 30.3 Å². The number of amides is 1. The van der Waals surface area contributed by atoms with Gasteiger partial charge in [-0.1, -0.05) is 36.4 Å². The van der Waals surface area contributed by atoms with Gasteiger partial charge in [-0.15, -0.1) is 10.2 Å². The van der Waals surface area contributed by atoms with Crippen molar-refractivity contribution in [2.45, 2.75) is 13.0 Å². The van der Waals surface area contributed by atoms with Gasteiger partial charge in [0.2, 0.25) is 5.82 Å². The van der Waals surface area contributed by atoms with Crippen molar-refractivity contribution in [1.29, 1.82) is 5.26 Å². The van der Waals surface area contributed by atoms with Crippen LogP contribution in [-0.2, 0) is 4.79 Å². The molecule has 0 aliphatic heterocycles.